The Morgan fingerprint density at radius 1 is 1.00 bits per heavy atom. The van der Waals surface area contributed by atoms with Crippen LogP contribution in [0.5, 0.6) is 0 Å². The molecule has 3 heterocycles. The van der Waals surface area contributed by atoms with Crippen LogP contribution in [-0.2, 0) is 17.1 Å². The molecule has 2 fully saturated rings. The summed E-state index contributed by atoms with van der Waals surface area (Å²) >= 11 is 0. The third-order valence-corrected chi connectivity index (χ3v) is 9.47. The van der Waals surface area contributed by atoms with Gasteiger partial charge in [-0.15, -0.1) is 5.10 Å². The maximum Gasteiger partial charge on any atom is 0.264 e. The minimum atomic E-state index is -3.75. The number of hydrogen-bond acceptors (Lipinski definition) is 6. The van der Waals surface area contributed by atoms with E-state index in [0.717, 1.165) is 40.6 Å². The average molecular weight is 524 g/mol. The summed E-state index contributed by atoms with van der Waals surface area (Å²) in [5, 5.41) is 13.6. The van der Waals surface area contributed by atoms with Crippen LogP contribution in [0, 0.1) is 12.7 Å². The van der Waals surface area contributed by atoms with Gasteiger partial charge in [0, 0.05) is 44.2 Å². The van der Waals surface area contributed by atoms with Gasteiger partial charge in [0.2, 0.25) is 5.03 Å². The van der Waals surface area contributed by atoms with Crippen LogP contribution in [0.1, 0.15) is 42.9 Å². The normalized spacial score (nSPS) is 20.2. The summed E-state index contributed by atoms with van der Waals surface area (Å²) in [6.07, 6.45) is 7.82. The molecule has 2 aliphatic rings. The van der Waals surface area contributed by atoms with Gasteiger partial charge in [0.15, 0.2) is 0 Å². The van der Waals surface area contributed by atoms with Crippen molar-refractivity contribution in [2.75, 3.05) is 19.6 Å². The fourth-order valence-electron chi connectivity index (χ4n) is 5.86. The number of nitrogens with zero attached hydrogens (tertiary/aromatic N) is 7. The number of sulfonamides is 1. The zero-order valence-corrected chi connectivity index (χ0v) is 21.8. The van der Waals surface area contributed by atoms with E-state index in [2.05, 4.69) is 39.3 Å². The first-order valence-electron chi connectivity index (χ1n) is 12.7. The van der Waals surface area contributed by atoms with E-state index < -0.39 is 10.0 Å². The van der Waals surface area contributed by atoms with Gasteiger partial charge >= 0.3 is 0 Å². The van der Waals surface area contributed by atoms with Gasteiger partial charge in [-0.1, -0.05) is 12.8 Å². The van der Waals surface area contributed by atoms with E-state index in [-0.39, 0.29) is 16.9 Å². The maximum atomic E-state index is 13.5. The van der Waals surface area contributed by atoms with E-state index in [0.29, 0.717) is 25.7 Å². The van der Waals surface area contributed by atoms with Gasteiger partial charge in [-0.3, -0.25) is 4.90 Å². The highest BCUT2D eigenvalue weighted by Crippen LogP contribution is 2.37. The number of hydrogen-bond donors (Lipinski definition) is 0. The molecule has 37 heavy (non-hydrogen) atoms. The van der Waals surface area contributed by atoms with E-state index in [4.69, 9.17) is 0 Å². The SMILES string of the molecule is Cc1cc2c(cnn2-c2ccc(F)cc2)cc1[C@@H]1CN(S(=O)(=O)c2cnn(C)n2)CCN1C1CCCC1. The molecule has 6 rings (SSSR count). The molecule has 0 spiro atoms. The molecule has 1 saturated carbocycles. The highest BCUT2D eigenvalue weighted by molar-refractivity contribution is 7.89. The first kappa shape index (κ1) is 24.2. The molecule has 0 amide bonds. The van der Waals surface area contributed by atoms with Crippen molar-refractivity contribution in [2.24, 2.45) is 7.05 Å². The standard InChI is InChI=1S/C26H30FN7O2S/c1-18-13-24-19(15-29-34(24)22-9-7-20(27)8-10-22)14-23(18)25-17-32(11-12-33(25)21-5-3-4-6-21)37(35,36)26-16-28-31(2)30-26/h7-10,13-16,21,25H,3-6,11-12,17H2,1-2H3/t25-/m0/s1. The van der Waals surface area contributed by atoms with Gasteiger partial charge in [0.25, 0.3) is 10.0 Å². The van der Waals surface area contributed by atoms with Gasteiger partial charge in [-0.25, -0.2) is 17.5 Å². The topological polar surface area (TPSA) is 89.2 Å². The van der Waals surface area contributed by atoms with Crippen LogP contribution in [0.25, 0.3) is 16.6 Å². The molecule has 1 saturated heterocycles. The lowest BCUT2D eigenvalue weighted by molar-refractivity contribution is 0.0746. The summed E-state index contributed by atoms with van der Waals surface area (Å²) < 4.78 is 43.7. The molecule has 0 unspecified atom stereocenters. The number of halogens is 1. The van der Waals surface area contributed by atoms with Crippen molar-refractivity contribution < 1.29 is 12.8 Å². The summed E-state index contributed by atoms with van der Waals surface area (Å²) in [6.45, 7) is 3.52. The Morgan fingerprint density at radius 2 is 1.76 bits per heavy atom. The van der Waals surface area contributed by atoms with Crippen LogP contribution in [-0.4, -0.2) is 68.1 Å². The van der Waals surface area contributed by atoms with Crippen molar-refractivity contribution in [3.05, 3.63) is 65.7 Å². The van der Waals surface area contributed by atoms with Crippen molar-refractivity contribution in [1.82, 2.24) is 34.0 Å². The van der Waals surface area contributed by atoms with Crippen LogP contribution < -0.4 is 0 Å². The number of piperazine rings is 1. The fraction of sp³-hybridized carbons (Fsp3) is 0.423. The minimum Gasteiger partial charge on any atom is -0.291 e. The van der Waals surface area contributed by atoms with Gasteiger partial charge in [0.05, 0.1) is 23.6 Å². The van der Waals surface area contributed by atoms with E-state index in [1.807, 2.05) is 10.9 Å². The van der Waals surface area contributed by atoms with Crippen molar-refractivity contribution in [3.63, 3.8) is 0 Å². The molecule has 1 aliphatic carbocycles. The Morgan fingerprint density at radius 3 is 2.46 bits per heavy atom. The quantitative estimate of drug-likeness (QED) is 0.397. The molecule has 2 aromatic heterocycles. The highest BCUT2D eigenvalue weighted by atomic mass is 32.2. The number of rotatable bonds is 5. The van der Waals surface area contributed by atoms with Crippen molar-refractivity contribution in [2.45, 2.75) is 49.7 Å². The van der Waals surface area contributed by atoms with Crippen LogP contribution in [0.3, 0.4) is 0 Å². The highest BCUT2D eigenvalue weighted by Gasteiger charge is 2.40. The number of aryl methyl sites for hydroxylation is 2. The summed E-state index contributed by atoms with van der Waals surface area (Å²) in [5.41, 5.74) is 3.90. The van der Waals surface area contributed by atoms with E-state index in [1.54, 1.807) is 23.5 Å². The number of fused-ring (bicyclic) bond motifs is 1. The van der Waals surface area contributed by atoms with Crippen LogP contribution in [0.4, 0.5) is 4.39 Å². The summed E-state index contributed by atoms with van der Waals surface area (Å²) in [6, 6.07) is 10.9. The molecule has 1 atom stereocenters. The molecular formula is C26H30FN7O2S. The molecule has 9 nitrogen and oxygen atoms in total. The molecule has 1 aliphatic heterocycles. The Balaban J connectivity index is 1.39. The minimum absolute atomic E-state index is 0.0178. The second-order valence-electron chi connectivity index (χ2n) is 10.0. The maximum absolute atomic E-state index is 13.5. The van der Waals surface area contributed by atoms with E-state index in [1.165, 1.54) is 36.0 Å². The van der Waals surface area contributed by atoms with Gasteiger partial charge in [-0.05, 0) is 67.3 Å². The molecule has 194 valence electrons. The lowest BCUT2D eigenvalue weighted by Crippen LogP contribution is -2.53. The van der Waals surface area contributed by atoms with Crippen molar-refractivity contribution in [1.29, 1.82) is 0 Å². The Kier molecular flexibility index (Phi) is 6.09. The predicted octanol–water partition coefficient (Wildman–Crippen LogP) is 3.59. The average Bonchev–Trinajstić information content (AvgIpc) is 3.65. The lowest BCUT2D eigenvalue weighted by Gasteiger charge is -2.44. The van der Waals surface area contributed by atoms with Crippen LogP contribution in [0.2, 0.25) is 0 Å². The third-order valence-electron chi connectivity index (χ3n) is 7.75. The van der Waals surface area contributed by atoms with Crippen molar-refractivity contribution in [3.8, 4) is 5.69 Å². The molecule has 4 aromatic rings. The van der Waals surface area contributed by atoms with Crippen molar-refractivity contribution >= 4 is 20.9 Å². The number of aromatic nitrogens is 5. The zero-order valence-electron chi connectivity index (χ0n) is 21.0. The largest absolute Gasteiger partial charge is 0.291 e. The summed E-state index contributed by atoms with van der Waals surface area (Å²) in [4.78, 5) is 3.78. The van der Waals surface area contributed by atoms with Gasteiger partial charge < -0.3 is 0 Å². The molecule has 11 heteroatoms. The molecule has 0 radical (unpaired) electrons. The van der Waals surface area contributed by atoms with Gasteiger partial charge in [-0.2, -0.15) is 19.3 Å². The lowest BCUT2D eigenvalue weighted by atomic mass is 9.95. The van der Waals surface area contributed by atoms with E-state index in [9.17, 15) is 12.8 Å². The molecule has 0 bridgehead atoms. The Labute approximate surface area is 215 Å². The first-order valence-corrected chi connectivity index (χ1v) is 14.1. The second kappa shape index (κ2) is 9.30. The molecule has 0 N–H and O–H groups in total. The third kappa shape index (κ3) is 4.34. The Bertz CT molecular complexity index is 1540. The van der Waals surface area contributed by atoms with Gasteiger partial charge in [0.1, 0.15) is 5.82 Å². The number of benzene rings is 2. The smallest absolute Gasteiger partial charge is 0.264 e. The predicted molar refractivity (Wildman–Crippen MR) is 137 cm³/mol. The fourth-order valence-corrected chi connectivity index (χ4v) is 7.19. The zero-order chi connectivity index (χ0) is 25.7. The summed E-state index contributed by atoms with van der Waals surface area (Å²) in [5.74, 6) is -0.288. The van der Waals surface area contributed by atoms with E-state index >= 15 is 0 Å². The second-order valence-corrected chi connectivity index (χ2v) is 11.9. The van der Waals surface area contributed by atoms with Crippen LogP contribution in [0.15, 0.2) is 53.8 Å². The Hall–Kier alpha value is -3.15. The van der Waals surface area contributed by atoms with Crippen LogP contribution >= 0.6 is 0 Å². The monoisotopic (exact) mass is 523 g/mol. The molecule has 2 aromatic carbocycles. The first-order chi connectivity index (χ1) is 17.8. The summed E-state index contributed by atoms with van der Waals surface area (Å²) in [7, 11) is -2.14. The molecular weight excluding hydrogens is 493 g/mol.